The maximum absolute atomic E-state index is 10.2. The summed E-state index contributed by atoms with van der Waals surface area (Å²) in [5, 5.41) is 10.2. The van der Waals surface area contributed by atoms with E-state index < -0.39 is 6.10 Å². The van der Waals surface area contributed by atoms with Crippen LogP contribution in [0.25, 0.3) is 0 Å². The maximum Gasteiger partial charge on any atom is 0.118 e. The van der Waals surface area contributed by atoms with Crippen molar-refractivity contribution < 1.29 is 9.84 Å². The first-order valence-electron chi connectivity index (χ1n) is 5.59. The standard InChI is InChI=1S/C15H16O2/c1-11-3-5-12(6-4-11)15(16)13-7-9-14(17-2)10-8-13/h3-10,15-16H,1-2H3/t15-/m0/s1. The Balaban J connectivity index is 2.23. The SMILES string of the molecule is COc1ccc([C@@H](O)c2ccc(C)cc2)cc1. The first-order valence-corrected chi connectivity index (χ1v) is 5.59. The van der Waals surface area contributed by atoms with Crippen molar-refractivity contribution in [3.05, 3.63) is 65.2 Å². The first-order chi connectivity index (χ1) is 8.20. The molecule has 2 aromatic rings. The van der Waals surface area contributed by atoms with Gasteiger partial charge in [0.1, 0.15) is 11.9 Å². The van der Waals surface area contributed by atoms with Gasteiger partial charge in [0.2, 0.25) is 0 Å². The number of hydrogen-bond acceptors (Lipinski definition) is 2. The Labute approximate surface area is 101 Å². The lowest BCUT2D eigenvalue weighted by molar-refractivity contribution is 0.220. The lowest BCUT2D eigenvalue weighted by atomic mass is 10.0. The molecule has 0 aliphatic heterocycles. The molecule has 0 heterocycles. The number of aliphatic hydroxyl groups excluding tert-OH is 1. The van der Waals surface area contributed by atoms with E-state index in [1.54, 1.807) is 7.11 Å². The van der Waals surface area contributed by atoms with Gasteiger partial charge in [0.05, 0.1) is 7.11 Å². The molecule has 0 saturated heterocycles. The minimum absolute atomic E-state index is 0.582. The van der Waals surface area contributed by atoms with E-state index in [0.717, 1.165) is 16.9 Å². The third-order valence-corrected chi connectivity index (χ3v) is 2.82. The van der Waals surface area contributed by atoms with Gasteiger partial charge in [-0.3, -0.25) is 0 Å². The number of aryl methyl sites for hydroxylation is 1. The van der Waals surface area contributed by atoms with Crippen molar-refractivity contribution in [3.8, 4) is 5.75 Å². The molecule has 0 fully saturated rings. The second-order valence-corrected chi connectivity index (χ2v) is 4.09. The molecule has 0 aromatic heterocycles. The summed E-state index contributed by atoms with van der Waals surface area (Å²) in [5.74, 6) is 0.796. The fraction of sp³-hybridized carbons (Fsp3) is 0.200. The molecule has 1 N–H and O–H groups in total. The molecule has 2 rings (SSSR count). The average Bonchev–Trinajstić information content (AvgIpc) is 2.39. The second-order valence-electron chi connectivity index (χ2n) is 4.09. The van der Waals surface area contributed by atoms with E-state index in [0.29, 0.717) is 0 Å². The van der Waals surface area contributed by atoms with Crippen molar-refractivity contribution in [2.75, 3.05) is 7.11 Å². The zero-order valence-electron chi connectivity index (χ0n) is 10.1. The van der Waals surface area contributed by atoms with Gasteiger partial charge in [0.25, 0.3) is 0 Å². The summed E-state index contributed by atoms with van der Waals surface area (Å²) in [7, 11) is 1.63. The van der Waals surface area contributed by atoms with Crippen molar-refractivity contribution in [1.82, 2.24) is 0 Å². The van der Waals surface area contributed by atoms with Gasteiger partial charge < -0.3 is 9.84 Å². The molecule has 0 aliphatic carbocycles. The van der Waals surface area contributed by atoms with Crippen LogP contribution in [0.2, 0.25) is 0 Å². The summed E-state index contributed by atoms with van der Waals surface area (Å²) in [6.07, 6.45) is -0.582. The van der Waals surface area contributed by atoms with E-state index in [4.69, 9.17) is 4.74 Å². The molecule has 0 spiro atoms. The van der Waals surface area contributed by atoms with Crippen LogP contribution in [-0.2, 0) is 0 Å². The lowest BCUT2D eigenvalue weighted by Gasteiger charge is -2.12. The highest BCUT2D eigenvalue weighted by molar-refractivity contribution is 5.34. The summed E-state index contributed by atoms with van der Waals surface area (Å²) >= 11 is 0. The molecule has 0 radical (unpaired) electrons. The summed E-state index contributed by atoms with van der Waals surface area (Å²) in [6.45, 7) is 2.03. The van der Waals surface area contributed by atoms with Crippen molar-refractivity contribution in [3.63, 3.8) is 0 Å². The predicted molar refractivity (Wildman–Crippen MR) is 68.2 cm³/mol. The van der Waals surface area contributed by atoms with Crippen molar-refractivity contribution >= 4 is 0 Å². The van der Waals surface area contributed by atoms with Crippen LogP contribution in [0.1, 0.15) is 22.8 Å². The Morgan fingerprint density at radius 1 is 0.882 bits per heavy atom. The Bertz CT molecular complexity index is 471. The van der Waals surface area contributed by atoms with Crippen LogP contribution in [-0.4, -0.2) is 12.2 Å². The molecular weight excluding hydrogens is 212 g/mol. The minimum Gasteiger partial charge on any atom is -0.497 e. The molecule has 17 heavy (non-hydrogen) atoms. The molecule has 0 unspecified atom stereocenters. The van der Waals surface area contributed by atoms with E-state index >= 15 is 0 Å². The van der Waals surface area contributed by atoms with Crippen molar-refractivity contribution in [2.45, 2.75) is 13.0 Å². The molecule has 2 aromatic carbocycles. The van der Waals surface area contributed by atoms with Crippen LogP contribution < -0.4 is 4.74 Å². The number of rotatable bonds is 3. The molecule has 0 saturated carbocycles. The maximum atomic E-state index is 10.2. The Morgan fingerprint density at radius 2 is 1.35 bits per heavy atom. The number of benzene rings is 2. The number of ether oxygens (including phenoxy) is 1. The second kappa shape index (κ2) is 5.02. The summed E-state index contributed by atoms with van der Waals surface area (Å²) in [4.78, 5) is 0. The van der Waals surface area contributed by atoms with Gasteiger partial charge in [-0.1, -0.05) is 42.0 Å². The minimum atomic E-state index is -0.582. The topological polar surface area (TPSA) is 29.5 Å². The monoisotopic (exact) mass is 228 g/mol. The van der Waals surface area contributed by atoms with Gasteiger partial charge in [-0.2, -0.15) is 0 Å². The van der Waals surface area contributed by atoms with Crippen LogP contribution in [0.15, 0.2) is 48.5 Å². The highest BCUT2D eigenvalue weighted by Crippen LogP contribution is 2.23. The predicted octanol–water partition coefficient (Wildman–Crippen LogP) is 3.09. The first kappa shape index (κ1) is 11.7. The van der Waals surface area contributed by atoms with E-state index in [1.807, 2.05) is 55.5 Å². The molecular formula is C15H16O2. The van der Waals surface area contributed by atoms with Gasteiger partial charge in [-0.15, -0.1) is 0 Å². The fourth-order valence-corrected chi connectivity index (χ4v) is 1.73. The van der Waals surface area contributed by atoms with E-state index in [2.05, 4.69) is 0 Å². The van der Waals surface area contributed by atoms with Crippen LogP contribution in [0, 0.1) is 6.92 Å². The van der Waals surface area contributed by atoms with Gasteiger partial charge in [-0.05, 0) is 30.2 Å². The Hall–Kier alpha value is -1.80. The molecule has 88 valence electrons. The van der Waals surface area contributed by atoms with Gasteiger partial charge in [0, 0.05) is 0 Å². The highest BCUT2D eigenvalue weighted by Gasteiger charge is 2.09. The molecule has 2 heteroatoms. The van der Waals surface area contributed by atoms with Crippen molar-refractivity contribution in [1.29, 1.82) is 0 Å². The molecule has 2 nitrogen and oxygen atoms in total. The normalized spacial score (nSPS) is 12.2. The summed E-state index contributed by atoms with van der Waals surface area (Å²) in [6, 6.07) is 15.4. The van der Waals surface area contributed by atoms with E-state index in [-0.39, 0.29) is 0 Å². The molecule has 0 bridgehead atoms. The van der Waals surface area contributed by atoms with E-state index in [9.17, 15) is 5.11 Å². The Kier molecular flexibility index (Phi) is 3.45. The Morgan fingerprint density at radius 3 is 1.82 bits per heavy atom. The van der Waals surface area contributed by atoms with Crippen molar-refractivity contribution in [2.24, 2.45) is 0 Å². The number of methoxy groups -OCH3 is 1. The third kappa shape index (κ3) is 2.66. The largest absolute Gasteiger partial charge is 0.497 e. The zero-order chi connectivity index (χ0) is 12.3. The molecule has 0 aliphatic rings. The molecule has 0 amide bonds. The molecule has 1 atom stereocenters. The highest BCUT2D eigenvalue weighted by atomic mass is 16.5. The average molecular weight is 228 g/mol. The van der Waals surface area contributed by atoms with Gasteiger partial charge in [-0.25, -0.2) is 0 Å². The lowest BCUT2D eigenvalue weighted by Crippen LogP contribution is -1.99. The third-order valence-electron chi connectivity index (χ3n) is 2.82. The fourth-order valence-electron chi connectivity index (χ4n) is 1.73. The number of aliphatic hydroxyl groups is 1. The van der Waals surface area contributed by atoms with Crippen LogP contribution in [0.4, 0.5) is 0 Å². The zero-order valence-corrected chi connectivity index (χ0v) is 10.1. The van der Waals surface area contributed by atoms with Crippen LogP contribution >= 0.6 is 0 Å². The smallest absolute Gasteiger partial charge is 0.118 e. The van der Waals surface area contributed by atoms with Crippen LogP contribution in [0.3, 0.4) is 0 Å². The number of hydrogen-bond donors (Lipinski definition) is 1. The van der Waals surface area contributed by atoms with Crippen LogP contribution in [0.5, 0.6) is 5.75 Å². The van der Waals surface area contributed by atoms with Gasteiger partial charge in [0.15, 0.2) is 0 Å². The van der Waals surface area contributed by atoms with Gasteiger partial charge >= 0.3 is 0 Å². The van der Waals surface area contributed by atoms with E-state index in [1.165, 1.54) is 5.56 Å². The summed E-state index contributed by atoms with van der Waals surface area (Å²) < 4.78 is 5.09. The quantitative estimate of drug-likeness (QED) is 0.874. The summed E-state index contributed by atoms with van der Waals surface area (Å²) in [5.41, 5.74) is 2.96.